The molecule has 2 rings (SSSR count). The second-order valence-electron chi connectivity index (χ2n) is 4.10. The topological polar surface area (TPSA) is 74.2 Å². The van der Waals surface area contributed by atoms with E-state index in [4.69, 9.17) is 11.6 Å². The minimum atomic E-state index is 0.124. The molecule has 0 aliphatic rings. The largest absolute Gasteiger partial charge is 0.508 e. The van der Waals surface area contributed by atoms with E-state index in [1.54, 1.807) is 17.0 Å². The van der Waals surface area contributed by atoms with Gasteiger partial charge in [0.2, 0.25) is 17.2 Å². The Balaban J connectivity index is 2.14. The third-order valence-electron chi connectivity index (χ3n) is 2.42. The summed E-state index contributed by atoms with van der Waals surface area (Å²) >= 11 is 5.83. The first kappa shape index (κ1) is 13.4. The number of para-hydroxylation sites is 1. The van der Waals surface area contributed by atoms with Gasteiger partial charge in [-0.15, -0.1) is 0 Å². The molecule has 0 atom stereocenters. The van der Waals surface area contributed by atoms with E-state index >= 15 is 0 Å². The summed E-state index contributed by atoms with van der Waals surface area (Å²) in [5.74, 6) is 1.06. The molecule has 0 unspecified atom stereocenters. The summed E-state index contributed by atoms with van der Waals surface area (Å²) in [7, 11) is 3.64. The molecule has 0 fully saturated rings. The Hall–Kier alpha value is -2.08. The van der Waals surface area contributed by atoms with E-state index in [1.807, 2.05) is 26.2 Å². The molecule has 7 heteroatoms. The predicted molar refractivity (Wildman–Crippen MR) is 74.6 cm³/mol. The monoisotopic (exact) mass is 279 g/mol. The molecule has 0 amide bonds. The maximum Gasteiger partial charge on any atom is 0.230 e. The molecule has 0 saturated carbocycles. The summed E-state index contributed by atoms with van der Waals surface area (Å²) in [5.41, 5.74) is 0.755. The van der Waals surface area contributed by atoms with Gasteiger partial charge in [0.1, 0.15) is 5.75 Å². The maximum atomic E-state index is 9.66. The summed E-state index contributed by atoms with van der Waals surface area (Å²) in [6.45, 7) is 0.403. The fraction of sp³-hybridized carbons (Fsp3) is 0.250. The van der Waals surface area contributed by atoms with Gasteiger partial charge in [-0.3, -0.25) is 0 Å². The number of nitrogens with zero attached hydrogens (tertiary/aromatic N) is 4. The first-order valence-electron chi connectivity index (χ1n) is 5.66. The van der Waals surface area contributed by atoms with Crippen molar-refractivity contribution in [1.82, 2.24) is 15.0 Å². The van der Waals surface area contributed by atoms with Gasteiger partial charge in [0.25, 0.3) is 0 Å². The average molecular weight is 280 g/mol. The summed E-state index contributed by atoms with van der Waals surface area (Å²) in [4.78, 5) is 13.9. The molecule has 0 aliphatic carbocycles. The van der Waals surface area contributed by atoms with Gasteiger partial charge in [0, 0.05) is 26.2 Å². The minimum absolute atomic E-state index is 0.124. The van der Waals surface area contributed by atoms with Crippen LogP contribution in [-0.4, -0.2) is 34.2 Å². The molecule has 0 bridgehead atoms. The first-order valence-corrected chi connectivity index (χ1v) is 6.03. The van der Waals surface area contributed by atoms with E-state index in [9.17, 15) is 5.11 Å². The van der Waals surface area contributed by atoms with Crippen molar-refractivity contribution < 1.29 is 5.11 Å². The normalized spacial score (nSPS) is 10.3. The van der Waals surface area contributed by atoms with Crippen LogP contribution in [0.4, 0.5) is 11.9 Å². The molecule has 1 aromatic carbocycles. The van der Waals surface area contributed by atoms with Gasteiger partial charge in [-0.1, -0.05) is 18.2 Å². The van der Waals surface area contributed by atoms with Crippen molar-refractivity contribution in [3.8, 4) is 5.75 Å². The summed E-state index contributed by atoms with van der Waals surface area (Å²) in [6.07, 6.45) is 0. The Kier molecular flexibility index (Phi) is 4.01. The lowest BCUT2D eigenvalue weighted by Crippen LogP contribution is -2.15. The molecule has 19 heavy (non-hydrogen) atoms. The minimum Gasteiger partial charge on any atom is -0.508 e. The molecule has 1 heterocycles. The molecule has 0 aliphatic heterocycles. The van der Waals surface area contributed by atoms with Crippen molar-refractivity contribution in [3.05, 3.63) is 35.1 Å². The molecule has 0 spiro atoms. The van der Waals surface area contributed by atoms with Gasteiger partial charge in [-0.2, -0.15) is 15.0 Å². The quantitative estimate of drug-likeness (QED) is 0.890. The van der Waals surface area contributed by atoms with Gasteiger partial charge in [-0.25, -0.2) is 0 Å². The predicted octanol–water partition coefficient (Wildman–Crippen LogP) is 1.91. The Morgan fingerprint density at radius 2 is 1.95 bits per heavy atom. The van der Waals surface area contributed by atoms with Crippen LogP contribution in [0.15, 0.2) is 24.3 Å². The highest BCUT2D eigenvalue weighted by Crippen LogP contribution is 2.17. The van der Waals surface area contributed by atoms with E-state index in [1.165, 1.54) is 0 Å². The number of phenolic OH excluding ortho intramolecular Hbond substituents is 1. The molecule has 1 aromatic heterocycles. The Labute approximate surface area is 116 Å². The standard InChI is InChI=1S/C12H14ClN5O/c1-18(2)12-16-10(13)15-11(17-12)14-7-8-5-3-4-6-9(8)19/h3-6,19H,7H2,1-2H3,(H,14,15,16,17). The number of hydrogen-bond donors (Lipinski definition) is 2. The molecular formula is C12H14ClN5O. The highest BCUT2D eigenvalue weighted by Gasteiger charge is 2.07. The summed E-state index contributed by atoms with van der Waals surface area (Å²) < 4.78 is 0. The summed E-state index contributed by atoms with van der Waals surface area (Å²) in [6, 6.07) is 7.06. The molecule has 0 radical (unpaired) electrons. The highest BCUT2D eigenvalue weighted by atomic mass is 35.5. The van der Waals surface area contributed by atoms with Crippen LogP contribution in [0, 0.1) is 0 Å². The number of nitrogens with one attached hydrogen (secondary N) is 1. The highest BCUT2D eigenvalue weighted by molar-refractivity contribution is 6.28. The van der Waals surface area contributed by atoms with Gasteiger partial charge in [-0.05, 0) is 17.7 Å². The molecule has 100 valence electrons. The van der Waals surface area contributed by atoms with E-state index in [0.29, 0.717) is 18.4 Å². The molecule has 6 nitrogen and oxygen atoms in total. The second-order valence-corrected chi connectivity index (χ2v) is 4.44. The fourth-order valence-electron chi connectivity index (χ4n) is 1.45. The van der Waals surface area contributed by atoms with E-state index in [2.05, 4.69) is 20.3 Å². The molecule has 2 aromatic rings. The van der Waals surface area contributed by atoms with Gasteiger partial charge in [0.05, 0.1) is 0 Å². The number of aromatic nitrogens is 3. The molecule has 2 N–H and O–H groups in total. The summed E-state index contributed by atoms with van der Waals surface area (Å²) in [5, 5.41) is 12.8. The van der Waals surface area contributed by atoms with Crippen molar-refractivity contribution in [1.29, 1.82) is 0 Å². The van der Waals surface area contributed by atoms with E-state index in [0.717, 1.165) is 5.56 Å². The smallest absolute Gasteiger partial charge is 0.230 e. The number of halogens is 1. The Bertz CT molecular complexity index is 576. The third-order valence-corrected chi connectivity index (χ3v) is 2.59. The average Bonchev–Trinajstić information content (AvgIpc) is 2.37. The van der Waals surface area contributed by atoms with Gasteiger partial charge in [0.15, 0.2) is 0 Å². The van der Waals surface area contributed by atoms with Crippen molar-refractivity contribution in [2.24, 2.45) is 0 Å². The van der Waals surface area contributed by atoms with Gasteiger partial charge < -0.3 is 15.3 Å². The number of aromatic hydroxyl groups is 1. The van der Waals surface area contributed by atoms with Crippen LogP contribution in [0.3, 0.4) is 0 Å². The van der Waals surface area contributed by atoms with Crippen molar-refractivity contribution in [2.75, 3.05) is 24.3 Å². The molecule has 0 saturated heterocycles. The Morgan fingerprint density at radius 1 is 1.21 bits per heavy atom. The van der Waals surface area contributed by atoms with Crippen LogP contribution in [0.2, 0.25) is 5.28 Å². The van der Waals surface area contributed by atoms with E-state index < -0.39 is 0 Å². The van der Waals surface area contributed by atoms with Crippen LogP contribution in [0.1, 0.15) is 5.56 Å². The van der Waals surface area contributed by atoms with Crippen molar-refractivity contribution in [2.45, 2.75) is 6.54 Å². The van der Waals surface area contributed by atoms with Gasteiger partial charge >= 0.3 is 0 Å². The first-order chi connectivity index (χ1) is 9.06. The number of benzene rings is 1. The number of anilines is 2. The fourth-order valence-corrected chi connectivity index (χ4v) is 1.61. The SMILES string of the molecule is CN(C)c1nc(Cl)nc(NCc2ccccc2O)n1. The number of phenols is 1. The third kappa shape index (κ3) is 3.45. The molecular weight excluding hydrogens is 266 g/mol. The van der Waals surface area contributed by atoms with Crippen LogP contribution in [0.5, 0.6) is 5.75 Å². The zero-order chi connectivity index (χ0) is 13.8. The van der Waals surface area contributed by atoms with Crippen LogP contribution in [0.25, 0.3) is 0 Å². The number of hydrogen-bond acceptors (Lipinski definition) is 6. The van der Waals surface area contributed by atoms with Crippen LogP contribution < -0.4 is 10.2 Å². The lowest BCUT2D eigenvalue weighted by atomic mass is 10.2. The zero-order valence-electron chi connectivity index (χ0n) is 10.6. The van der Waals surface area contributed by atoms with Crippen LogP contribution >= 0.6 is 11.6 Å². The van der Waals surface area contributed by atoms with Crippen molar-refractivity contribution in [3.63, 3.8) is 0 Å². The lowest BCUT2D eigenvalue weighted by molar-refractivity contribution is 0.469. The number of rotatable bonds is 4. The lowest BCUT2D eigenvalue weighted by Gasteiger charge is -2.12. The van der Waals surface area contributed by atoms with E-state index in [-0.39, 0.29) is 11.0 Å². The zero-order valence-corrected chi connectivity index (χ0v) is 11.4. The second kappa shape index (κ2) is 5.71. The van der Waals surface area contributed by atoms with Crippen molar-refractivity contribution >= 4 is 23.5 Å². The Morgan fingerprint density at radius 3 is 2.63 bits per heavy atom. The maximum absolute atomic E-state index is 9.66. The van der Waals surface area contributed by atoms with Crippen LogP contribution in [-0.2, 0) is 6.54 Å².